The number of imidazole rings is 1. The third-order valence-corrected chi connectivity index (χ3v) is 3.82. The summed E-state index contributed by atoms with van der Waals surface area (Å²) < 4.78 is 5.48. The van der Waals surface area contributed by atoms with Crippen LogP contribution >= 0.6 is 0 Å². The van der Waals surface area contributed by atoms with Crippen molar-refractivity contribution in [1.82, 2.24) is 18.7 Å². The molecular formula is C17H22N4O. The second-order valence-electron chi connectivity index (χ2n) is 7.03. The van der Waals surface area contributed by atoms with Gasteiger partial charge in [0.05, 0.1) is 16.9 Å². The van der Waals surface area contributed by atoms with E-state index in [1.54, 1.807) is 11.6 Å². The summed E-state index contributed by atoms with van der Waals surface area (Å²) in [7, 11) is 3.77. The van der Waals surface area contributed by atoms with Gasteiger partial charge in [0.15, 0.2) is 5.65 Å². The predicted octanol–water partition coefficient (Wildman–Crippen LogP) is 2.79. The molecule has 0 radical (unpaired) electrons. The number of hydrogen-bond donors (Lipinski definition) is 0. The quantitative estimate of drug-likeness (QED) is 0.730. The van der Waals surface area contributed by atoms with Gasteiger partial charge in [0, 0.05) is 26.8 Å². The Morgan fingerprint density at radius 1 is 1.14 bits per heavy atom. The number of pyridine rings is 1. The first-order valence-electron chi connectivity index (χ1n) is 7.46. The van der Waals surface area contributed by atoms with Crippen LogP contribution in [0.4, 0.5) is 0 Å². The fourth-order valence-corrected chi connectivity index (χ4v) is 2.77. The van der Waals surface area contributed by atoms with E-state index in [-0.39, 0.29) is 11.1 Å². The van der Waals surface area contributed by atoms with Crippen LogP contribution in [-0.4, -0.2) is 18.7 Å². The molecule has 0 fully saturated rings. The third kappa shape index (κ3) is 2.36. The lowest BCUT2D eigenvalue weighted by Crippen LogP contribution is -2.27. The highest BCUT2D eigenvalue weighted by Crippen LogP contribution is 2.23. The van der Waals surface area contributed by atoms with Crippen molar-refractivity contribution in [3.8, 4) is 11.4 Å². The van der Waals surface area contributed by atoms with E-state index in [2.05, 4.69) is 20.8 Å². The van der Waals surface area contributed by atoms with E-state index < -0.39 is 0 Å². The van der Waals surface area contributed by atoms with Gasteiger partial charge >= 0.3 is 5.69 Å². The molecule has 0 aromatic carbocycles. The maximum Gasteiger partial charge on any atom is 0.330 e. The molecule has 5 nitrogen and oxygen atoms in total. The zero-order valence-electron chi connectivity index (χ0n) is 13.8. The molecule has 3 aromatic heterocycles. The molecule has 0 aliphatic carbocycles. The van der Waals surface area contributed by atoms with E-state index in [0.29, 0.717) is 6.54 Å². The van der Waals surface area contributed by atoms with Gasteiger partial charge < -0.3 is 4.57 Å². The largest absolute Gasteiger partial charge is 0.349 e. The van der Waals surface area contributed by atoms with Crippen LogP contribution in [0.2, 0.25) is 0 Å². The molecule has 0 atom stereocenters. The van der Waals surface area contributed by atoms with Crippen LogP contribution in [0.15, 0.2) is 35.3 Å². The maximum atomic E-state index is 12.5. The molecule has 3 heterocycles. The molecule has 5 heteroatoms. The van der Waals surface area contributed by atoms with Crippen molar-refractivity contribution in [1.29, 1.82) is 0 Å². The van der Waals surface area contributed by atoms with Crippen LogP contribution in [0.1, 0.15) is 20.8 Å². The zero-order valence-corrected chi connectivity index (χ0v) is 13.8. The summed E-state index contributed by atoms with van der Waals surface area (Å²) in [6, 6.07) is 8.00. The van der Waals surface area contributed by atoms with Gasteiger partial charge in [-0.1, -0.05) is 20.8 Å². The first kappa shape index (κ1) is 14.6. The molecular weight excluding hydrogens is 276 g/mol. The standard InChI is InChI=1S/C17H22N4O/c1-17(2,3)11-21-14-9-8-12(13-7-6-10-19(13)4)18-15(14)20(5)16(21)22/h6-10H,11H2,1-5H3. The minimum atomic E-state index is -0.0125. The van der Waals surface area contributed by atoms with Crippen molar-refractivity contribution in [3.63, 3.8) is 0 Å². The van der Waals surface area contributed by atoms with Crippen molar-refractivity contribution >= 4 is 11.2 Å². The van der Waals surface area contributed by atoms with E-state index in [1.165, 1.54) is 0 Å². The van der Waals surface area contributed by atoms with Crippen LogP contribution < -0.4 is 5.69 Å². The van der Waals surface area contributed by atoms with Crippen LogP contribution in [0.5, 0.6) is 0 Å². The average Bonchev–Trinajstić information content (AvgIpc) is 2.95. The Balaban J connectivity index is 2.21. The highest BCUT2D eigenvalue weighted by Gasteiger charge is 2.19. The molecule has 0 bridgehead atoms. The van der Waals surface area contributed by atoms with Crippen molar-refractivity contribution in [2.24, 2.45) is 19.5 Å². The second kappa shape index (κ2) is 4.87. The fourth-order valence-electron chi connectivity index (χ4n) is 2.77. The molecule has 0 spiro atoms. The lowest BCUT2D eigenvalue weighted by atomic mass is 9.97. The average molecular weight is 298 g/mol. The minimum Gasteiger partial charge on any atom is -0.349 e. The summed E-state index contributed by atoms with van der Waals surface area (Å²) in [5.74, 6) is 0. The smallest absolute Gasteiger partial charge is 0.330 e. The molecule has 0 saturated carbocycles. The van der Waals surface area contributed by atoms with Gasteiger partial charge in [-0.3, -0.25) is 9.13 Å². The summed E-state index contributed by atoms with van der Waals surface area (Å²) in [5.41, 5.74) is 3.56. The molecule has 22 heavy (non-hydrogen) atoms. The van der Waals surface area contributed by atoms with Crippen LogP contribution in [0, 0.1) is 5.41 Å². The first-order valence-corrected chi connectivity index (χ1v) is 7.46. The lowest BCUT2D eigenvalue weighted by Gasteiger charge is -2.18. The zero-order chi connectivity index (χ0) is 16.1. The molecule has 0 saturated heterocycles. The van der Waals surface area contributed by atoms with E-state index in [0.717, 1.165) is 22.6 Å². The van der Waals surface area contributed by atoms with E-state index in [9.17, 15) is 4.79 Å². The van der Waals surface area contributed by atoms with Gasteiger partial charge in [0.1, 0.15) is 0 Å². The van der Waals surface area contributed by atoms with Crippen LogP contribution in [0.25, 0.3) is 22.6 Å². The SMILES string of the molecule is Cn1cccc1-c1ccc2c(n1)n(C)c(=O)n2CC(C)(C)C. The molecule has 3 rings (SSSR count). The summed E-state index contributed by atoms with van der Waals surface area (Å²) in [4.78, 5) is 17.2. The molecule has 3 aromatic rings. The number of hydrogen-bond acceptors (Lipinski definition) is 2. The number of fused-ring (bicyclic) bond motifs is 1. The first-order chi connectivity index (χ1) is 10.3. The lowest BCUT2D eigenvalue weighted by molar-refractivity contribution is 0.342. The van der Waals surface area contributed by atoms with Gasteiger partial charge in [0.25, 0.3) is 0 Å². The second-order valence-corrected chi connectivity index (χ2v) is 7.03. The van der Waals surface area contributed by atoms with Crippen molar-refractivity contribution in [3.05, 3.63) is 40.9 Å². The van der Waals surface area contributed by atoms with E-state index in [4.69, 9.17) is 4.98 Å². The summed E-state index contributed by atoms with van der Waals surface area (Å²) in [6.07, 6.45) is 1.99. The monoisotopic (exact) mass is 298 g/mol. The molecule has 0 amide bonds. The Morgan fingerprint density at radius 3 is 2.45 bits per heavy atom. The Bertz CT molecular complexity index is 890. The Morgan fingerprint density at radius 2 is 1.86 bits per heavy atom. The Labute approximate surface area is 129 Å². The number of nitrogens with zero attached hydrogens (tertiary/aromatic N) is 4. The van der Waals surface area contributed by atoms with Crippen molar-refractivity contribution < 1.29 is 0 Å². The van der Waals surface area contributed by atoms with Gasteiger partial charge in [0.2, 0.25) is 0 Å². The minimum absolute atomic E-state index is 0.0125. The van der Waals surface area contributed by atoms with E-state index >= 15 is 0 Å². The summed E-state index contributed by atoms with van der Waals surface area (Å²) in [6.45, 7) is 7.06. The molecule has 0 aliphatic heterocycles. The third-order valence-electron chi connectivity index (χ3n) is 3.82. The summed E-state index contributed by atoms with van der Waals surface area (Å²) >= 11 is 0. The highest BCUT2D eigenvalue weighted by atomic mass is 16.1. The Hall–Kier alpha value is -2.30. The fraction of sp³-hybridized carbons (Fsp3) is 0.412. The number of rotatable bonds is 2. The summed E-state index contributed by atoms with van der Waals surface area (Å²) in [5, 5.41) is 0. The van der Waals surface area contributed by atoms with Crippen molar-refractivity contribution in [2.45, 2.75) is 27.3 Å². The molecule has 0 aliphatic rings. The van der Waals surface area contributed by atoms with Crippen molar-refractivity contribution in [2.75, 3.05) is 0 Å². The van der Waals surface area contributed by atoms with Crippen LogP contribution in [-0.2, 0) is 20.6 Å². The molecule has 116 valence electrons. The molecule has 0 N–H and O–H groups in total. The molecule has 0 unspecified atom stereocenters. The Kier molecular flexibility index (Phi) is 3.24. The highest BCUT2D eigenvalue weighted by molar-refractivity contribution is 5.75. The predicted molar refractivity (Wildman–Crippen MR) is 88.8 cm³/mol. The number of aryl methyl sites for hydroxylation is 2. The van der Waals surface area contributed by atoms with Gasteiger partial charge in [-0.05, 0) is 29.7 Å². The van der Waals surface area contributed by atoms with Gasteiger partial charge in [-0.25, -0.2) is 9.78 Å². The van der Waals surface area contributed by atoms with Crippen LogP contribution in [0.3, 0.4) is 0 Å². The number of aromatic nitrogens is 4. The van der Waals surface area contributed by atoms with Gasteiger partial charge in [-0.2, -0.15) is 0 Å². The van der Waals surface area contributed by atoms with E-state index in [1.807, 2.05) is 46.6 Å². The maximum absolute atomic E-state index is 12.5. The normalized spacial score (nSPS) is 12.2. The topological polar surface area (TPSA) is 44.8 Å². The van der Waals surface area contributed by atoms with Gasteiger partial charge in [-0.15, -0.1) is 0 Å².